The number of nitrogens with zero attached hydrogens (tertiary/aromatic N) is 4. The number of carbonyl (C=O) groups is 1. The SMILES string of the molecule is Cc1ncc(C(=O)N2C[C@@H](CCOc3ccc(Cl)cn3)[C@H](c3ccc(Cl)c(Cl)c3)C2)cn1. The summed E-state index contributed by atoms with van der Waals surface area (Å²) in [5.41, 5.74) is 1.52. The highest BCUT2D eigenvalue weighted by atomic mass is 35.5. The molecule has 1 aliphatic rings. The molecule has 0 saturated carbocycles. The Bertz CT molecular complexity index is 1090. The van der Waals surface area contributed by atoms with Crippen LogP contribution in [-0.4, -0.2) is 45.5 Å². The van der Waals surface area contributed by atoms with E-state index in [9.17, 15) is 4.79 Å². The zero-order chi connectivity index (χ0) is 22.7. The second kappa shape index (κ2) is 10.0. The highest BCUT2D eigenvalue weighted by molar-refractivity contribution is 6.42. The van der Waals surface area contributed by atoms with E-state index in [4.69, 9.17) is 39.5 Å². The molecule has 166 valence electrons. The van der Waals surface area contributed by atoms with E-state index in [1.54, 1.807) is 43.7 Å². The molecule has 3 heterocycles. The van der Waals surface area contributed by atoms with Crippen molar-refractivity contribution in [2.24, 2.45) is 5.92 Å². The van der Waals surface area contributed by atoms with E-state index in [0.717, 1.165) is 12.0 Å². The molecule has 0 unspecified atom stereocenters. The van der Waals surface area contributed by atoms with Gasteiger partial charge in [-0.15, -0.1) is 0 Å². The second-order valence-corrected chi connectivity index (χ2v) is 8.97. The van der Waals surface area contributed by atoms with E-state index in [0.29, 0.717) is 52.0 Å². The van der Waals surface area contributed by atoms with Crippen molar-refractivity contribution in [3.05, 3.63) is 80.9 Å². The first-order valence-electron chi connectivity index (χ1n) is 10.2. The molecule has 4 rings (SSSR count). The molecular weight excluding hydrogens is 471 g/mol. The maximum atomic E-state index is 13.1. The number of benzene rings is 1. The van der Waals surface area contributed by atoms with Crippen molar-refractivity contribution in [1.29, 1.82) is 0 Å². The Labute approximate surface area is 201 Å². The number of rotatable bonds is 6. The van der Waals surface area contributed by atoms with Crippen LogP contribution in [0.4, 0.5) is 0 Å². The van der Waals surface area contributed by atoms with E-state index >= 15 is 0 Å². The van der Waals surface area contributed by atoms with E-state index in [-0.39, 0.29) is 17.7 Å². The molecule has 3 aromatic rings. The minimum Gasteiger partial charge on any atom is -0.478 e. The summed E-state index contributed by atoms with van der Waals surface area (Å²) in [5.74, 6) is 1.33. The third-order valence-corrected chi connectivity index (χ3v) is 6.53. The molecule has 1 amide bonds. The van der Waals surface area contributed by atoms with Crippen molar-refractivity contribution in [3.8, 4) is 5.88 Å². The van der Waals surface area contributed by atoms with Crippen molar-refractivity contribution in [1.82, 2.24) is 19.9 Å². The van der Waals surface area contributed by atoms with Gasteiger partial charge >= 0.3 is 0 Å². The van der Waals surface area contributed by atoms with Gasteiger partial charge in [0.25, 0.3) is 5.91 Å². The lowest BCUT2D eigenvalue weighted by atomic mass is 9.87. The van der Waals surface area contributed by atoms with E-state index in [1.165, 1.54) is 0 Å². The summed E-state index contributed by atoms with van der Waals surface area (Å²) in [4.78, 5) is 27.4. The Morgan fingerprint density at radius 3 is 2.50 bits per heavy atom. The van der Waals surface area contributed by atoms with Crippen molar-refractivity contribution in [2.75, 3.05) is 19.7 Å². The van der Waals surface area contributed by atoms with Crippen LogP contribution in [0.25, 0.3) is 0 Å². The fourth-order valence-corrected chi connectivity index (χ4v) is 4.32. The molecule has 0 bridgehead atoms. The van der Waals surface area contributed by atoms with E-state index in [2.05, 4.69) is 15.0 Å². The normalized spacial score (nSPS) is 18.1. The fraction of sp³-hybridized carbons (Fsp3) is 0.304. The topological polar surface area (TPSA) is 68.2 Å². The number of aromatic nitrogens is 3. The highest BCUT2D eigenvalue weighted by Gasteiger charge is 2.36. The smallest absolute Gasteiger partial charge is 0.257 e. The molecule has 0 aliphatic carbocycles. The Morgan fingerprint density at radius 1 is 1.03 bits per heavy atom. The summed E-state index contributed by atoms with van der Waals surface area (Å²) in [7, 11) is 0. The molecule has 0 radical (unpaired) electrons. The van der Waals surface area contributed by atoms with Crippen molar-refractivity contribution < 1.29 is 9.53 Å². The Kier molecular flexibility index (Phi) is 7.13. The first kappa shape index (κ1) is 22.8. The van der Waals surface area contributed by atoms with Gasteiger partial charge in [-0.1, -0.05) is 40.9 Å². The maximum Gasteiger partial charge on any atom is 0.257 e. The fourth-order valence-electron chi connectivity index (χ4n) is 3.90. The Morgan fingerprint density at radius 2 is 1.81 bits per heavy atom. The maximum absolute atomic E-state index is 13.1. The molecular formula is C23H21Cl3N4O2. The van der Waals surface area contributed by atoms with Crippen LogP contribution >= 0.6 is 34.8 Å². The van der Waals surface area contributed by atoms with Gasteiger partial charge in [0.15, 0.2) is 0 Å². The largest absolute Gasteiger partial charge is 0.478 e. The lowest BCUT2D eigenvalue weighted by Crippen LogP contribution is -2.29. The number of carbonyl (C=O) groups excluding carboxylic acids is 1. The standard InChI is InChI=1S/C23H21Cl3N4O2/c1-14-27-9-17(10-28-14)23(31)30-12-16(6-7-32-22-5-3-18(24)11-29-22)19(13-30)15-2-4-20(25)21(26)8-15/h2-5,8-11,16,19H,6-7,12-13H2,1H3/t16-,19+/m1/s1. The van der Waals surface area contributed by atoms with Gasteiger partial charge in [-0.05, 0) is 43.0 Å². The van der Waals surface area contributed by atoms with Gasteiger partial charge in [0.2, 0.25) is 5.88 Å². The van der Waals surface area contributed by atoms with E-state index < -0.39 is 0 Å². The number of likely N-dealkylation sites (tertiary alicyclic amines) is 1. The molecule has 32 heavy (non-hydrogen) atoms. The van der Waals surface area contributed by atoms with Gasteiger partial charge in [-0.2, -0.15) is 0 Å². The van der Waals surface area contributed by atoms with Gasteiger partial charge in [-0.3, -0.25) is 4.79 Å². The zero-order valence-electron chi connectivity index (χ0n) is 17.3. The van der Waals surface area contributed by atoms with Crippen LogP contribution in [0.2, 0.25) is 15.1 Å². The van der Waals surface area contributed by atoms with Gasteiger partial charge in [0.05, 0.1) is 27.2 Å². The predicted octanol–water partition coefficient (Wildman–Crippen LogP) is 5.47. The molecule has 1 aromatic carbocycles. The summed E-state index contributed by atoms with van der Waals surface area (Å²) in [6, 6.07) is 9.12. The van der Waals surface area contributed by atoms with Gasteiger partial charge in [0, 0.05) is 43.7 Å². The molecule has 1 saturated heterocycles. The number of aryl methyl sites for hydroxylation is 1. The third-order valence-electron chi connectivity index (χ3n) is 5.57. The monoisotopic (exact) mass is 490 g/mol. The number of amides is 1. The molecule has 1 aliphatic heterocycles. The summed E-state index contributed by atoms with van der Waals surface area (Å²) >= 11 is 18.3. The lowest BCUT2D eigenvalue weighted by molar-refractivity contribution is 0.0783. The van der Waals surface area contributed by atoms with Gasteiger partial charge in [0.1, 0.15) is 5.82 Å². The summed E-state index contributed by atoms with van der Waals surface area (Å²) < 4.78 is 5.80. The number of halogens is 3. The minimum atomic E-state index is -0.0853. The second-order valence-electron chi connectivity index (χ2n) is 7.72. The summed E-state index contributed by atoms with van der Waals surface area (Å²) in [5, 5.41) is 1.56. The average Bonchev–Trinajstić information content (AvgIpc) is 3.21. The van der Waals surface area contributed by atoms with Crippen LogP contribution in [0.15, 0.2) is 48.9 Å². The first-order valence-corrected chi connectivity index (χ1v) is 11.3. The van der Waals surface area contributed by atoms with Crippen LogP contribution in [0.5, 0.6) is 5.88 Å². The van der Waals surface area contributed by atoms with Crippen molar-refractivity contribution >= 4 is 40.7 Å². The molecule has 2 atom stereocenters. The number of hydrogen-bond acceptors (Lipinski definition) is 5. The molecule has 2 aromatic heterocycles. The number of pyridine rings is 1. The summed E-state index contributed by atoms with van der Waals surface area (Å²) in [6.07, 6.45) is 5.43. The highest BCUT2D eigenvalue weighted by Crippen LogP contribution is 2.37. The predicted molar refractivity (Wildman–Crippen MR) is 125 cm³/mol. The number of hydrogen-bond donors (Lipinski definition) is 0. The van der Waals surface area contributed by atoms with Crippen LogP contribution in [-0.2, 0) is 0 Å². The third kappa shape index (κ3) is 5.31. The van der Waals surface area contributed by atoms with Crippen LogP contribution in [0, 0.1) is 12.8 Å². The zero-order valence-corrected chi connectivity index (χ0v) is 19.6. The van der Waals surface area contributed by atoms with Gasteiger partial charge in [-0.25, -0.2) is 15.0 Å². The minimum absolute atomic E-state index is 0.0853. The number of ether oxygens (including phenoxy) is 1. The molecule has 0 spiro atoms. The van der Waals surface area contributed by atoms with Crippen LogP contribution in [0.3, 0.4) is 0 Å². The quantitative estimate of drug-likeness (QED) is 0.458. The van der Waals surface area contributed by atoms with E-state index in [1.807, 2.05) is 17.0 Å². The molecule has 6 nitrogen and oxygen atoms in total. The molecule has 0 N–H and O–H groups in total. The Balaban J connectivity index is 1.50. The van der Waals surface area contributed by atoms with Crippen molar-refractivity contribution in [2.45, 2.75) is 19.3 Å². The average molecular weight is 492 g/mol. The lowest BCUT2D eigenvalue weighted by Gasteiger charge is -2.19. The van der Waals surface area contributed by atoms with Gasteiger partial charge < -0.3 is 9.64 Å². The summed E-state index contributed by atoms with van der Waals surface area (Å²) in [6.45, 7) is 3.41. The molecule has 9 heteroatoms. The Hall–Kier alpha value is -2.41. The van der Waals surface area contributed by atoms with Crippen molar-refractivity contribution in [3.63, 3.8) is 0 Å². The van der Waals surface area contributed by atoms with Crippen LogP contribution in [0.1, 0.15) is 34.1 Å². The van der Waals surface area contributed by atoms with Crippen LogP contribution < -0.4 is 4.74 Å². The first-order chi connectivity index (χ1) is 15.4. The molecule has 1 fully saturated rings.